The molecule has 1 aromatic heterocycles. The highest BCUT2D eigenvalue weighted by Gasteiger charge is 2.36. The number of sulfonamides is 1. The number of rotatable bonds is 8. The minimum Gasteiger partial charge on any atom is -0.495 e. The molecule has 9 heteroatoms. The van der Waals surface area contributed by atoms with Crippen LogP contribution in [-0.4, -0.2) is 34.5 Å². The molecule has 6 nitrogen and oxygen atoms in total. The maximum Gasteiger partial charge on any atom is 0.241 e. The third kappa shape index (κ3) is 4.68. The lowest BCUT2D eigenvalue weighted by atomic mass is 9.84. The molecule has 1 saturated carbocycles. The van der Waals surface area contributed by atoms with E-state index in [-0.39, 0.29) is 27.8 Å². The number of amides is 1. The molecule has 0 spiro atoms. The van der Waals surface area contributed by atoms with E-state index < -0.39 is 10.0 Å². The molecule has 3 rings (SSSR count). The number of halogens is 1. The molecule has 1 fully saturated rings. The fourth-order valence-corrected chi connectivity index (χ4v) is 5.85. The van der Waals surface area contributed by atoms with Crippen LogP contribution in [0.25, 0.3) is 0 Å². The molecule has 0 unspecified atom stereocenters. The Hall–Kier alpha value is -1.61. The van der Waals surface area contributed by atoms with E-state index in [2.05, 4.69) is 16.1 Å². The Balaban J connectivity index is 1.58. The Kier molecular flexibility index (Phi) is 6.65. The maximum atomic E-state index is 12.4. The van der Waals surface area contributed by atoms with Crippen molar-refractivity contribution in [1.29, 1.82) is 0 Å². The molecule has 1 aromatic carbocycles. The molecule has 1 aliphatic carbocycles. The second-order valence-corrected chi connectivity index (χ2v) is 9.98. The minimum absolute atomic E-state index is 0.0167. The van der Waals surface area contributed by atoms with E-state index in [1.54, 1.807) is 11.3 Å². The van der Waals surface area contributed by atoms with Gasteiger partial charge in [0.2, 0.25) is 15.9 Å². The van der Waals surface area contributed by atoms with E-state index in [1.807, 2.05) is 11.4 Å². The van der Waals surface area contributed by atoms with E-state index in [0.29, 0.717) is 12.3 Å². The van der Waals surface area contributed by atoms with Crippen molar-refractivity contribution in [2.75, 3.05) is 20.2 Å². The Labute approximate surface area is 174 Å². The molecule has 152 valence electrons. The molecule has 0 saturated heterocycles. The zero-order valence-corrected chi connectivity index (χ0v) is 17.9. The molecule has 0 radical (unpaired) electrons. The van der Waals surface area contributed by atoms with Gasteiger partial charge in [0.05, 0.1) is 23.6 Å². The van der Waals surface area contributed by atoms with Crippen molar-refractivity contribution in [3.05, 3.63) is 45.6 Å². The number of methoxy groups -OCH3 is 1. The number of thiophene rings is 1. The van der Waals surface area contributed by atoms with Crippen LogP contribution < -0.4 is 14.8 Å². The summed E-state index contributed by atoms with van der Waals surface area (Å²) < 4.78 is 32.2. The molecule has 0 bridgehead atoms. The van der Waals surface area contributed by atoms with Crippen LogP contribution in [0.4, 0.5) is 0 Å². The maximum absolute atomic E-state index is 12.4. The summed E-state index contributed by atoms with van der Waals surface area (Å²) in [6.07, 6.45) is 4.34. The van der Waals surface area contributed by atoms with Gasteiger partial charge in [-0.1, -0.05) is 30.5 Å². The van der Waals surface area contributed by atoms with Crippen molar-refractivity contribution in [3.8, 4) is 5.75 Å². The largest absolute Gasteiger partial charge is 0.495 e. The third-order valence-corrected chi connectivity index (χ3v) is 7.90. The van der Waals surface area contributed by atoms with Crippen LogP contribution in [-0.2, 0) is 20.2 Å². The monoisotopic (exact) mass is 442 g/mol. The first-order valence-corrected chi connectivity index (χ1v) is 11.7. The fraction of sp³-hybridized carbons (Fsp3) is 0.421. The molecule has 2 N–H and O–H groups in total. The standard InChI is InChI=1S/C19H23ClN2O4S2/c1-26-16-7-6-14(11-15(16)20)28(24,25)22-12-18(23)21-13-19(8-2-3-9-19)17-5-4-10-27-17/h4-7,10-11,22H,2-3,8-9,12-13H2,1H3,(H,21,23). The van der Waals surface area contributed by atoms with Crippen LogP contribution in [0.1, 0.15) is 30.6 Å². The van der Waals surface area contributed by atoms with Gasteiger partial charge in [0.25, 0.3) is 0 Å². The average molecular weight is 443 g/mol. The van der Waals surface area contributed by atoms with Crippen LogP contribution >= 0.6 is 22.9 Å². The highest BCUT2D eigenvalue weighted by atomic mass is 35.5. The highest BCUT2D eigenvalue weighted by Crippen LogP contribution is 2.42. The Morgan fingerprint density at radius 3 is 2.64 bits per heavy atom. The van der Waals surface area contributed by atoms with E-state index >= 15 is 0 Å². The summed E-state index contributed by atoms with van der Waals surface area (Å²) in [5.74, 6) is 0.0276. The SMILES string of the molecule is COc1ccc(S(=O)(=O)NCC(=O)NCC2(c3cccs3)CCCC2)cc1Cl. The van der Waals surface area contributed by atoms with Crippen LogP contribution in [0.15, 0.2) is 40.6 Å². The lowest BCUT2D eigenvalue weighted by molar-refractivity contribution is -0.120. The lowest BCUT2D eigenvalue weighted by Gasteiger charge is -2.28. The number of benzene rings is 1. The van der Waals surface area contributed by atoms with Crippen LogP contribution in [0.5, 0.6) is 5.75 Å². The average Bonchev–Trinajstić information content (AvgIpc) is 3.37. The normalized spacial score (nSPS) is 16.1. The van der Waals surface area contributed by atoms with Gasteiger partial charge in [-0.15, -0.1) is 11.3 Å². The number of hydrogen-bond donors (Lipinski definition) is 2. The molecule has 0 aliphatic heterocycles. The first-order chi connectivity index (χ1) is 13.4. The number of hydrogen-bond acceptors (Lipinski definition) is 5. The zero-order chi connectivity index (χ0) is 20.2. The summed E-state index contributed by atoms with van der Waals surface area (Å²) in [7, 11) is -2.40. The Bertz CT molecular complexity index is 923. The highest BCUT2D eigenvalue weighted by molar-refractivity contribution is 7.89. The number of nitrogens with one attached hydrogen (secondary N) is 2. The fourth-order valence-electron chi connectivity index (χ4n) is 3.53. The van der Waals surface area contributed by atoms with E-state index in [0.717, 1.165) is 25.7 Å². The van der Waals surface area contributed by atoms with Gasteiger partial charge in [-0.3, -0.25) is 4.79 Å². The van der Waals surface area contributed by atoms with Crippen molar-refractivity contribution in [3.63, 3.8) is 0 Å². The van der Waals surface area contributed by atoms with Crippen LogP contribution in [0, 0.1) is 0 Å². The van der Waals surface area contributed by atoms with Gasteiger partial charge in [-0.05, 0) is 42.5 Å². The third-order valence-electron chi connectivity index (χ3n) is 5.08. The first kappa shape index (κ1) is 21.1. The van der Waals surface area contributed by atoms with Crippen molar-refractivity contribution in [2.45, 2.75) is 36.0 Å². The topological polar surface area (TPSA) is 84.5 Å². The van der Waals surface area contributed by atoms with Gasteiger partial charge < -0.3 is 10.1 Å². The van der Waals surface area contributed by atoms with Crippen LogP contribution in [0.2, 0.25) is 5.02 Å². The van der Waals surface area contributed by atoms with Crippen molar-refractivity contribution in [1.82, 2.24) is 10.0 Å². The molecule has 2 aromatic rings. The predicted molar refractivity (Wildman–Crippen MR) is 111 cm³/mol. The molecule has 1 amide bonds. The summed E-state index contributed by atoms with van der Waals surface area (Å²) in [6, 6.07) is 8.29. The summed E-state index contributed by atoms with van der Waals surface area (Å²) in [5.41, 5.74) is -0.0355. The van der Waals surface area contributed by atoms with E-state index in [9.17, 15) is 13.2 Å². The number of carbonyl (C=O) groups excluding carboxylic acids is 1. The van der Waals surface area contributed by atoms with E-state index in [4.69, 9.17) is 16.3 Å². The summed E-state index contributed by atoms with van der Waals surface area (Å²) in [6.45, 7) is 0.189. The second-order valence-electron chi connectivity index (χ2n) is 6.86. The smallest absolute Gasteiger partial charge is 0.241 e. The minimum atomic E-state index is -3.85. The predicted octanol–water partition coefficient (Wildman–Crippen LogP) is 3.32. The molecule has 28 heavy (non-hydrogen) atoms. The van der Waals surface area contributed by atoms with Crippen molar-refractivity contribution >= 4 is 38.9 Å². The summed E-state index contributed by atoms with van der Waals surface area (Å²) >= 11 is 7.69. The van der Waals surface area contributed by atoms with Gasteiger partial charge in [0.1, 0.15) is 5.75 Å². The molecular weight excluding hydrogens is 420 g/mol. The van der Waals surface area contributed by atoms with Crippen LogP contribution in [0.3, 0.4) is 0 Å². The van der Waals surface area contributed by atoms with E-state index in [1.165, 1.54) is 30.2 Å². The number of ether oxygens (including phenoxy) is 1. The summed E-state index contributed by atoms with van der Waals surface area (Å²) in [4.78, 5) is 13.5. The van der Waals surface area contributed by atoms with Gasteiger partial charge in [0, 0.05) is 16.8 Å². The van der Waals surface area contributed by atoms with Gasteiger partial charge >= 0.3 is 0 Å². The quantitative estimate of drug-likeness (QED) is 0.656. The van der Waals surface area contributed by atoms with Gasteiger partial charge in [-0.25, -0.2) is 13.1 Å². The lowest BCUT2D eigenvalue weighted by Crippen LogP contribution is -2.43. The molecular formula is C19H23ClN2O4S2. The second kappa shape index (κ2) is 8.82. The van der Waals surface area contributed by atoms with Gasteiger partial charge in [0.15, 0.2) is 0 Å². The van der Waals surface area contributed by atoms with Crippen molar-refractivity contribution < 1.29 is 17.9 Å². The zero-order valence-electron chi connectivity index (χ0n) is 15.5. The molecule has 0 atom stereocenters. The molecule has 1 aliphatic rings. The Morgan fingerprint density at radius 2 is 2.04 bits per heavy atom. The molecule has 1 heterocycles. The Morgan fingerprint density at radius 1 is 1.29 bits per heavy atom. The van der Waals surface area contributed by atoms with Crippen molar-refractivity contribution in [2.24, 2.45) is 0 Å². The summed E-state index contributed by atoms with van der Waals surface area (Å²) in [5, 5.41) is 5.14. The first-order valence-electron chi connectivity index (χ1n) is 9.00. The van der Waals surface area contributed by atoms with Gasteiger partial charge in [-0.2, -0.15) is 0 Å². The number of carbonyl (C=O) groups is 1.